The van der Waals surface area contributed by atoms with Crippen molar-refractivity contribution in [2.75, 3.05) is 13.7 Å². The lowest BCUT2D eigenvalue weighted by molar-refractivity contribution is -0.0413. The Labute approximate surface area is 182 Å². The van der Waals surface area contributed by atoms with Crippen LogP contribution in [0.5, 0.6) is 11.5 Å². The van der Waals surface area contributed by atoms with Gasteiger partial charge in [-0.1, -0.05) is 18.2 Å². The van der Waals surface area contributed by atoms with E-state index < -0.39 is 6.10 Å². The van der Waals surface area contributed by atoms with Gasteiger partial charge in [-0.15, -0.1) is 0 Å². The molecule has 0 spiro atoms. The summed E-state index contributed by atoms with van der Waals surface area (Å²) >= 11 is 0. The standard InChI is InChI=1S/C25H30N2O4/c1-4-30-18-13-14-20-19(15-18)16(2)23(26-20)25(29)27(3)21-11-8-12-22(24(21)28)31-17-9-6-5-7-10-17/h5-7,9-10,13-15,21-22,24,26,28H,4,8,11-12H2,1-3H3/t21-,22-,24-/m1/s1. The Morgan fingerprint density at radius 1 is 1.16 bits per heavy atom. The van der Waals surface area contributed by atoms with Crippen LogP contribution in [0.4, 0.5) is 0 Å². The van der Waals surface area contributed by atoms with Crippen LogP contribution in [0.2, 0.25) is 0 Å². The fourth-order valence-electron chi connectivity index (χ4n) is 4.45. The van der Waals surface area contributed by atoms with Gasteiger partial charge in [0.1, 0.15) is 29.4 Å². The van der Waals surface area contributed by atoms with Crippen molar-refractivity contribution in [2.45, 2.75) is 51.4 Å². The maximum atomic E-state index is 13.4. The molecule has 0 radical (unpaired) electrons. The van der Waals surface area contributed by atoms with Crippen molar-refractivity contribution in [3.05, 3.63) is 59.8 Å². The zero-order valence-corrected chi connectivity index (χ0v) is 18.3. The number of rotatable bonds is 6. The lowest BCUT2D eigenvalue weighted by Gasteiger charge is -2.39. The highest BCUT2D eigenvalue weighted by molar-refractivity contribution is 6.01. The number of para-hydroxylation sites is 1. The Kier molecular flexibility index (Phi) is 6.18. The van der Waals surface area contributed by atoms with Crippen LogP contribution >= 0.6 is 0 Å². The Hall–Kier alpha value is -2.99. The van der Waals surface area contributed by atoms with Crippen LogP contribution in [0.15, 0.2) is 48.5 Å². The Morgan fingerprint density at radius 2 is 1.94 bits per heavy atom. The van der Waals surface area contributed by atoms with Crippen molar-refractivity contribution in [1.82, 2.24) is 9.88 Å². The molecule has 164 valence electrons. The molecule has 0 aliphatic heterocycles. The maximum Gasteiger partial charge on any atom is 0.270 e. The minimum Gasteiger partial charge on any atom is -0.494 e. The van der Waals surface area contributed by atoms with Gasteiger partial charge in [0.25, 0.3) is 5.91 Å². The molecule has 1 fully saturated rings. The van der Waals surface area contributed by atoms with E-state index in [-0.39, 0.29) is 18.1 Å². The molecule has 1 heterocycles. The molecule has 1 aliphatic rings. The van der Waals surface area contributed by atoms with Crippen molar-refractivity contribution in [1.29, 1.82) is 0 Å². The molecule has 6 nitrogen and oxygen atoms in total. The first-order valence-corrected chi connectivity index (χ1v) is 10.9. The van der Waals surface area contributed by atoms with Crippen molar-refractivity contribution < 1.29 is 19.4 Å². The van der Waals surface area contributed by atoms with Crippen LogP contribution < -0.4 is 9.47 Å². The predicted molar refractivity (Wildman–Crippen MR) is 121 cm³/mol. The summed E-state index contributed by atoms with van der Waals surface area (Å²) in [6.45, 7) is 4.48. The number of aryl methyl sites for hydroxylation is 1. The SMILES string of the molecule is CCOc1ccc2[nH]c(C(=O)N(C)[C@@H]3CCC[C@@H](Oc4ccccc4)[C@@H]3O)c(C)c2c1. The number of hydrogen-bond acceptors (Lipinski definition) is 4. The number of likely N-dealkylation sites (N-methyl/N-ethyl adjacent to an activating group) is 1. The number of hydrogen-bond donors (Lipinski definition) is 2. The van der Waals surface area contributed by atoms with E-state index in [0.29, 0.717) is 12.3 Å². The average molecular weight is 423 g/mol. The quantitative estimate of drug-likeness (QED) is 0.621. The third-order valence-corrected chi connectivity index (χ3v) is 6.17. The molecule has 31 heavy (non-hydrogen) atoms. The lowest BCUT2D eigenvalue weighted by Crippen LogP contribution is -2.53. The summed E-state index contributed by atoms with van der Waals surface area (Å²) in [4.78, 5) is 18.3. The molecular formula is C25H30N2O4. The number of aromatic amines is 1. The number of aliphatic hydroxyl groups excluding tert-OH is 1. The number of ether oxygens (including phenoxy) is 2. The summed E-state index contributed by atoms with van der Waals surface area (Å²) in [5, 5.41) is 12.0. The molecule has 4 rings (SSSR count). The second kappa shape index (κ2) is 9.02. The summed E-state index contributed by atoms with van der Waals surface area (Å²) in [5.41, 5.74) is 2.33. The predicted octanol–water partition coefficient (Wildman–Crippen LogP) is 4.31. The Balaban J connectivity index is 1.53. The first kappa shape index (κ1) is 21.2. The van der Waals surface area contributed by atoms with Gasteiger partial charge in [0, 0.05) is 18.0 Å². The zero-order chi connectivity index (χ0) is 22.0. The van der Waals surface area contributed by atoms with Crippen molar-refractivity contribution in [2.24, 2.45) is 0 Å². The molecule has 2 N–H and O–H groups in total. The number of carbonyl (C=O) groups is 1. The Bertz CT molecular complexity index is 1050. The number of carbonyl (C=O) groups excluding carboxylic acids is 1. The van der Waals surface area contributed by atoms with Crippen LogP contribution in [0.3, 0.4) is 0 Å². The van der Waals surface area contributed by atoms with Crippen molar-refractivity contribution >= 4 is 16.8 Å². The van der Waals surface area contributed by atoms with Gasteiger partial charge in [-0.3, -0.25) is 4.79 Å². The van der Waals surface area contributed by atoms with Gasteiger partial charge in [0.05, 0.1) is 12.6 Å². The smallest absolute Gasteiger partial charge is 0.270 e. The van der Waals surface area contributed by atoms with Crippen molar-refractivity contribution in [3.8, 4) is 11.5 Å². The first-order chi connectivity index (χ1) is 15.0. The summed E-state index contributed by atoms with van der Waals surface area (Å²) in [5.74, 6) is 1.39. The van der Waals surface area contributed by atoms with E-state index in [1.54, 1.807) is 11.9 Å². The lowest BCUT2D eigenvalue weighted by atomic mass is 9.88. The zero-order valence-electron chi connectivity index (χ0n) is 18.3. The second-order valence-electron chi connectivity index (χ2n) is 8.14. The summed E-state index contributed by atoms with van der Waals surface area (Å²) < 4.78 is 11.6. The van der Waals surface area contributed by atoms with Crippen molar-refractivity contribution in [3.63, 3.8) is 0 Å². The van der Waals surface area contributed by atoms with Gasteiger partial charge >= 0.3 is 0 Å². The van der Waals surface area contributed by atoms with Crippen LogP contribution in [-0.2, 0) is 0 Å². The first-order valence-electron chi connectivity index (χ1n) is 10.9. The molecule has 1 amide bonds. The topological polar surface area (TPSA) is 74.8 Å². The molecule has 0 bridgehead atoms. The van der Waals surface area contributed by atoms with E-state index >= 15 is 0 Å². The Morgan fingerprint density at radius 3 is 2.68 bits per heavy atom. The number of amides is 1. The number of nitrogens with one attached hydrogen (secondary N) is 1. The molecule has 0 unspecified atom stereocenters. The fourth-order valence-corrected chi connectivity index (χ4v) is 4.45. The van der Waals surface area contributed by atoms with Gasteiger partial charge in [0.15, 0.2) is 0 Å². The number of nitrogens with zero attached hydrogens (tertiary/aromatic N) is 1. The molecule has 1 aliphatic carbocycles. The van der Waals surface area contributed by atoms with Crippen LogP contribution in [0.25, 0.3) is 10.9 Å². The molecule has 0 saturated heterocycles. The van der Waals surface area contributed by atoms with E-state index in [9.17, 15) is 9.90 Å². The van der Waals surface area contributed by atoms with E-state index in [4.69, 9.17) is 9.47 Å². The van der Waals surface area contributed by atoms with E-state index in [1.807, 2.05) is 62.4 Å². The highest BCUT2D eigenvalue weighted by atomic mass is 16.5. The molecular weight excluding hydrogens is 392 g/mol. The monoisotopic (exact) mass is 422 g/mol. The molecule has 6 heteroatoms. The van der Waals surface area contributed by atoms with Gasteiger partial charge in [-0.05, 0) is 69.0 Å². The molecule has 1 saturated carbocycles. The number of benzene rings is 2. The summed E-state index contributed by atoms with van der Waals surface area (Å²) in [6.07, 6.45) is 1.30. The third kappa shape index (κ3) is 4.26. The number of fused-ring (bicyclic) bond motifs is 1. The largest absolute Gasteiger partial charge is 0.494 e. The molecule has 3 aromatic rings. The average Bonchev–Trinajstić information content (AvgIpc) is 3.11. The van der Waals surface area contributed by atoms with Gasteiger partial charge in [0.2, 0.25) is 0 Å². The van der Waals surface area contributed by atoms with Gasteiger partial charge in [-0.2, -0.15) is 0 Å². The normalized spacial score (nSPS) is 21.1. The highest BCUT2D eigenvalue weighted by Gasteiger charge is 2.38. The minimum absolute atomic E-state index is 0.129. The number of H-pyrrole nitrogens is 1. The highest BCUT2D eigenvalue weighted by Crippen LogP contribution is 2.30. The van der Waals surface area contributed by atoms with E-state index in [2.05, 4.69) is 4.98 Å². The van der Waals surface area contributed by atoms with E-state index in [0.717, 1.165) is 47.2 Å². The number of aliphatic hydroxyl groups is 1. The number of aromatic nitrogens is 1. The maximum absolute atomic E-state index is 13.4. The van der Waals surface area contributed by atoms with Gasteiger partial charge < -0.3 is 24.5 Å². The fraction of sp³-hybridized carbons (Fsp3) is 0.400. The third-order valence-electron chi connectivity index (χ3n) is 6.17. The second-order valence-corrected chi connectivity index (χ2v) is 8.14. The van der Waals surface area contributed by atoms with Crippen LogP contribution in [0.1, 0.15) is 42.2 Å². The summed E-state index contributed by atoms with van der Waals surface area (Å²) in [7, 11) is 1.76. The van der Waals surface area contributed by atoms with Crippen LogP contribution in [-0.4, -0.2) is 52.8 Å². The molecule has 2 aromatic carbocycles. The molecule has 3 atom stereocenters. The van der Waals surface area contributed by atoms with E-state index in [1.165, 1.54) is 0 Å². The van der Waals surface area contributed by atoms with Gasteiger partial charge in [-0.25, -0.2) is 0 Å². The van der Waals surface area contributed by atoms with Crippen LogP contribution in [0, 0.1) is 6.92 Å². The summed E-state index contributed by atoms with van der Waals surface area (Å²) in [6, 6.07) is 15.0. The minimum atomic E-state index is -0.753. The molecule has 1 aromatic heterocycles.